The number of primary amides is 1. The lowest BCUT2D eigenvalue weighted by atomic mass is 10.2. The van der Waals surface area contributed by atoms with Gasteiger partial charge in [-0.2, -0.15) is 0 Å². The van der Waals surface area contributed by atoms with Crippen LogP contribution < -0.4 is 11.1 Å². The molecule has 0 aliphatic heterocycles. The average molecular weight is 153 g/mol. The van der Waals surface area contributed by atoms with E-state index in [4.69, 9.17) is 5.73 Å². The van der Waals surface area contributed by atoms with Crippen molar-refractivity contribution in [3.05, 3.63) is 0 Å². The zero-order chi connectivity index (χ0) is 6.57. The van der Waals surface area contributed by atoms with Crippen LogP contribution in [0.1, 0.15) is 13.8 Å². The summed E-state index contributed by atoms with van der Waals surface area (Å²) in [7, 11) is 0. The number of carbonyl (C=O) groups is 1. The third-order valence-electron chi connectivity index (χ3n) is 0.685. The maximum absolute atomic E-state index is 10.0. The van der Waals surface area contributed by atoms with Crippen LogP contribution in [0.3, 0.4) is 0 Å². The lowest BCUT2D eigenvalue weighted by Gasteiger charge is -2.02. The van der Waals surface area contributed by atoms with Crippen LogP contribution in [-0.4, -0.2) is 12.6 Å². The molecule has 9 heavy (non-hydrogen) atoms. The van der Waals surface area contributed by atoms with Gasteiger partial charge in [0.2, 0.25) is 0 Å². The molecule has 0 saturated heterocycles. The van der Waals surface area contributed by atoms with Gasteiger partial charge in [-0.3, -0.25) is 0 Å². The van der Waals surface area contributed by atoms with E-state index in [1.54, 1.807) is 0 Å². The third kappa shape index (κ3) is 11.2. The first-order chi connectivity index (χ1) is 3.63. The second-order valence-corrected chi connectivity index (χ2v) is 2.14. The van der Waals surface area contributed by atoms with Crippen LogP contribution in [0.25, 0.3) is 0 Å². The summed E-state index contributed by atoms with van der Waals surface area (Å²) in [6.07, 6.45) is 0. The number of hydrogen-bond acceptors (Lipinski definition) is 1. The summed E-state index contributed by atoms with van der Waals surface area (Å²) >= 11 is 0. The van der Waals surface area contributed by atoms with Gasteiger partial charge in [-0.15, -0.1) is 12.4 Å². The molecule has 3 N–H and O–H groups in total. The van der Waals surface area contributed by atoms with E-state index in [2.05, 4.69) is 5.32 Å². The lowest BCUT2D eigenvalue weighted by Crippen LogP contribution is -2.32. The number of rotatable bonds is 2. The molecule has 0 aromatic heterocycles. The SMILES string of the molecule is CC(C)CNC(N)=O.Cl. The Bertz CT molecular complexity index is 85.0. The molecule has 0 bridgehead atoms. The Morgan fingerprint density at radius 3 is 2.22 bits per heavy atom. The fourth-order valence-electron chi connectivity index (χ4n) is 0.305. The van der Waals surface area contributed by atoms with Gasteiger partial charge in [-0.05, 0) is 5.92 Å². The minimum Gasteiger partial charge on any atom is -0.352 e. The van der Waals surface area contributed by atoms with Gasteiger partial charge >= 0.3 is 6.03 Å². The predicted molar refractivity (Wildman–Crippen MR) is 39.7 cm³/mol. The average Bonchev–Trinajstić information content (AvgIpc) is 1.61. The van der Waals surface area contributed by atoms with Crippen LogP contribution in [0.2, 0.25) is 0 Å². The Kier molecular flexibility index (Phi) is 7.19. The topological polar surface area (TPSA) is 55.1 Å². The molecule has 0 radical (unpaired) electrons. The first-order valence-corrected chi connectivity index (χ1v) is 2.66. The molecule has 0 fully saturated rings. The van der Waals surface area contributed by atoms with Crippen molar-refractivity contribution in [1.29, 1.82) is 0 Å². The van der Waals surface area contributed by atoms with Gasteiger partial charge in [0.1, 0.15) is 0 Å². The zero-order valence-corrected chi connectivity index (χ0v) is 6.49. The van der Waals surface area contributed by atoms with Crippen molar-refractivity contribution in [2.75, 3.05) is 6.54 Å². The molecule has 0 aromatic carbocycles. The normalized spacial score (nSPS) is 8.33. The highest BCUT2D eigenvalue weighted by molar-refractivity contribution is 5.85. The molecule has 0 heterocycles. The Morgan fingerprint density at radius 1 is 1.67 bits per heavy atom. The molecule has 0 rings (SSSR count). The molecule has 3 nitrogen and oxygen atoms in total. The quantitative estimate of drug-likeness (QED) is 0.603. The van der Waals surface area contributed by atoms with Gasteiger partial charge in [0.05, 0.1) is 0 Å². The second-order valence-electron chi connectivity index (χ2n) is 2.14. The molecule has 0 saturated carbocycles. The molecular formula is C5H13ClN2O. The molecule has 0 spiro atoms. The van der Waals surface area contributed by atoms with Crippen LogP contribution in [0.15, 0.2) is 0 Å². The zero-order valence-electron chi connectivity index (χ0n) is 5.68. The van der Waals surface area contributed by atoms with E-state index in [1.165, 1.54) is 0 Å². The number of halogens is 1. The van der Waals surface area contributed by atoms with E-state index in [0.717, 1.165) is 0 Å². The number of amides is 2. The van der Waals surface area contributed by atoms with Crippen LogP contribution >= 0.6 is 12.4 Å². The fraction of sp³-hybridized carbons (Fsp3) is 0.800. The Labute approximate surface area is 61.4 Å². The van der Waals surface area contributed by atoms with Crippen molar-refractivity contribution in [2.45, 2.75) is 13.8 Å². The molecular weight excluding hydrogens is 140 g/mol. The van der Waals surface area contributed by atoms with Crippen molar-refractivity contribution < 1.29 is 4.79 Å². The van der Waals surface area contributed by atoms with Crippen molar-refractivity contribution in [1.82, 2.24) is 5.32 Å². The van der Waals surface area contributed by atoms with Crippen LogP contribution in [-0.2, 0) is 0 Å². The number of urea groups is 1. The molecule has 0 atom stereocenters. The third-order valence-corrected chi connectivity index (χ3v) is 0.685. The predicted octanol–water partition coefficient (Wildman–Crippen LogP) is 0.732. The minimum absolute atomic E-state index is 0. The molecule has 0 aromatic rings. The molecule has 0 unspecified atom stereocenters. The van der Waals surface area contributed by atoms with Gasteiger partial charge in [0, 0.05) is 6.54 Å². The van der Waals surface area contributed by atoms with Gasteiger partial charge in [-0.1, -0.05) is 13.8 Å². The first kappa shape index (κ1) is 11.4. The summed E-state index contributed by atoms with van der Waals surface area (Å²) in [5.74, 6) is 0.475. The Balaban J connectivity index is 0. The maximum Gasteiger partial charge on any atom is 0.312 e. The largest absolute Gasteiger partial charge is 0.352 e. The highest BCUT2D eigenvalue weighted by Gasteiger charge is 1.92. The van der Waals surface area contributed by atoms with Crippen LogP contribution in [0, 0.1) is 5.92 Å². The summed E-state index contributed by atoms with van der Waals surface area (Å²) in [6.45, 7) is 4.68. The molecule has 0 aliphatic rings. The van der Waals surface area contributed by atoms with Crippen LogP contribution in [0.4, 0.5) is 4.79 Å². The molecule has 0 aliphatic carbocycles. The summed E-state index contributed by atoms with van der Waals surface area (Å²) in [5.41, 5.74) is 4.79. The molecule has 56 valence electrons. The van der Waals surface area contributed by atoms with E-state index in [1.807, 2.05) is 13.8 Å². The highest BCUT2D eigenvalue weighted by Crippen LogP contribution is 1.85. The number of nitrogens with two attached hydrogens (primary N) is 1. The van der Waals surface area contributed by atoms with Crippen molar-refractivity contribution in [2.24, 2.45) is 11.7 Å². The van der Waals surface area contributed by atoms with E-state index in [0.29, 0.717) is 12.5 Å². The Morgan fingerprint density at radius 2 is 2.11 bits per heavy atom. The summed E-state index contributed by atoms with van der Waals surface area (Å²) in [6, 6.07) is -0.446. The standard InChI is InChI=1S/C5H12N2O.ClH/c1-4(2)3-7-5(6)8;/h4H,3H2,1-2H3,(H3,6,7,8);1H. The lowest BCUT2D eigenvalue weighted by molar-refractivity contribution is 0.247. The summed E-state index contributed by atoms with van der Waals surface area (Å²) < 4.78 is 0. The summed E-state index contributed by atoms with van der Waals surface area (Å²) in [4.78, 5) is 10.0. The molecule has 2 amide bonds. The second kappa shape index (κ2) is 5.69. The first-order valence-electron chi connectivity index (χ1n) is 2.66. The van der Waals surface area contributed by atoms with Gasteiger partial charge in [-0.25, -0.2) is 4.79 Å². The van der Waals surface area contributed by atoms with Crippen molar-refractivity contribution in [3.63, 3.8) is 0 Å². The van der Waals surface area contributed by atoms with Crippen molar-refractivity contribution in [3.8, 4) is 0 Å². The number of hydrogen-bond donors (Lipinski definition) is 2. The highest BCUT2D eigenvalue weighted by atomic mass is 35.5. The number of nitrogens with one attached hydrogen (secondary N) is 1. The smallest absolute Gasteiger partial charge is 0.312 e. The van der Waals surface area contributed by atoms with Gasteiger partial charge in [0.25, 0.3) is 0 Å². The van der Waals surface area contributed by atoms with E-state index in [-0.39, 0.29) is 12.4 Å². The van der Waals surface area contributed by atoms with E-state index < -0.39 is 6.03 Å². The fourth-order valence-corrected chi connectivity index (χ4v) is 0.305. The van der Waals surface area contributed by atoms with Gasteiger partial charge in [0.15, 0.2) is 0 Å². The van der Waals surface area contributed by atoms with E-state index >= 15 is 0 Å². The number of carbonyl (C=O) groups excluding carboxylic acids is 1. The summed E-state index contributed by atoms with van der Waals surface area (Å²) in [5, 5.41) is 2.48. The van der Waals surface area contributed by atoms with Crippen molar-refractivity contribution >= 4 is 18.4 Å². The molecule has 4 heteroatoms. The minimum atomic E-state index is -0.446. The van der Waals surface area contributed by atoms with Crippen LogP contribution in [0.5, 0.6) is 0 Å². The Hall–Kier alpha value is -0.440. The monoisotopic (exact) mass is 152 g/mol. The van der Waals surface area contributed by atoms with Gasteiger partial charge < -0.3 is 11.1 Å². The van der Waals surface area contributed by atoms with E-state index in [9.17, 15) is 4.79 Å². The maximum atomic E-state index is 10.0.